The van der Waals surface area contributed by atoms with E-state index < -0.39 is 23.8 Å². The van der Waals surface area contributed by atoms with Gasteiger partial charge in [-0.2, -0.15) is 0 Å². The highest BCUT2D eigenvalue weighted by Crippen LogP contribution is 2.20. The average molecular weight is 416 g/mol. The second-order valence-electron chi connectivity index (χ2n) is 6.89. The Morgan fingerprint density at radius 3 is 2.52 bits per heavy atom. The van der Waals surface area contributed by atoms with Crippen molar-refractivity contribution in [2.24, 2.45) is 0 Å². The number of carboxylic acid groups (broad SMARTS) is 1. The van der Waals surface area contributed by atoms with Crippen molar-refractivity contribution in [2.45, 2.75) is 12.5 Å². The summed E-state index contributed by atoms with van der Waals surface area (Å²) in [5.41, 5.74) is 1.95. The van der Waals surface area contributed by atoms with Crippen LogP contribution in [0.1, 0.15) is 26.5 Å². The van der Waals surface area contributed by atoms with Gasteiger partial charge in [-0.1, -0.05) is 30.3 Å². The van der Waals surface area contributed by atoms with Gasteiger partial charge >= 0.3 is 0 Å². The monoisotopic (exact) mass is 416 g/mol. The average Bonchev–Trinajstić information content (AvgIpc) is 3.44. The number of para-hydroxylation sites is 2. The molecule has 0 radical (unpaired) electrons. The van der Waals surface area contributed by atoms with Crippen LogP contribution in [0.25, 0.3) is 10.9 Å². The summed E-state index contributed by atoms with van der Waals surface area (Å²) in [6.07, 6.45) is 3.12. The molecule has 0 unspecified atom stereocenters. The fourth-order valence-electron chi connectivity index (χ4n) is 3.33. The van der Waals surface area contributed by atoms with Gasteiger partial charge in [0.25, 0.3) is 11.8 Å². The maximum atomic E-state index is 12.9. The van der Waals surface area contributed by atoms with E-state index in [1.165, 1.54) is 18.4 Å². The summed E-state index contributed by atoms with van der Waals surface area (Å²) in [4.78, 5) is 39.9. The third kappa shape index (κ3) is 4.32. The van der Waals surface area contributed by atoms with Gasteiger partial charge in [-0.3, -0.25) is 9.59 Å². The van der Waals surface area contributed by atoms with E-state index in [1.54, 1.807) is 30.5 Å². The molecule has 4 aromatic rings. The number of amides is 2. The first-order valence-electron chi connectivity index (χ1n) is 9.53. The maximum absolute atomic E-state index is 12.9. The minimum absolute atomic E-state index is 0.0407. The van der Waals surface area contributed by atoms with Crippen molar-refractivity contribution in [1.29, 1.82) is 0 Å². The molecule has 0 aliphatic carbocycles. The maximum Gasteiger partial charge on any atom is 0.291 e. The van der Waals surface area contributed by atoms with Crippen molar-refractivity contribution in [1.82, 2.24) is 10.3 Å². The Morgan fingerprint density at radius 1 is 0.968 bits per heavy atom. The van der Waals surface area contributed by atoms with Crippen molar-refractivity contribution in [3.05, 3.63) is 90.0 Å². The molecule has 0 spiro atoms. The number of benzene rings is 2. The lowest BCUT2D eigenvalue weighted by Crippen LogP contribution is -2.49. The molecule has 0 fully saturated rings. The Labute approximate surface area is 176 Å². The number of carboxylic acids is 1. The number of hydrogen-bond donors (Lipinski definition) is 3. The van der Waals surface area contributed by atoms with Gasteiger partial charge in [0.2, 0.25) is 0 Å². The van der Waals surface area contributed by atoms with Crippen LogP contribution < -0.4 is 15.7 Å². The number of nitrogens with one attached hydrogen (secondary N) is 3. The molecule has 3 N–H and O–H groups in total. The lowest BCUT2D eigenvalue weighted by Gasteiger charge is -2.20. The van der Waals surface area contributed by atoms with E-state index >= 15 is 0 Å². The van der Waals surface area contributed by atoms with Crippen molar-refractivity contribution < 1.29 is 23.9 Å². The van der Waals surface area contributed by atoms with Crippen LogP contribution in [-0.2, 0) is 11.2 Å². The lowest BCUT2D eigenvalue weighted by molar-refractivity contribution is -0.308. The van der Waals surface area contributed by atoms with Crippen LogP contribution in [-0.4, -0.2) is 28.8 Å². The third-order valence-electron chi connectivity index (χ3n) is 4.85. The number of aromatic amines is 1. The molecule has 0 saturated carbocycles. The molecule has 0 bridgehead atoms. The third-order valence-corrected chi connectivity index (χ3v) is 4.85. The smallest absolute Gasteiger partial charge is 0.291 e. The predicted octanol–water partition coefficient (Wildman–Crippen LogP) is 2.10. The fourth-order valence-corrected chi connectivity index (χ4v) is 3.33. The van der Waals surface area contributed by atoms with Crippen LogP contribution >= 0.6 is 0 Å². The van der Waals surface area contributed by atoms with Crippen LogP contribution in [0.5, 0.6) is 0 Å². The van der Waals surface area contributed by atoms with Crippen LogP contribution in [0.2, 0.25) is 0 Å². The summed E-state index contributed by atoms with van der Waals surface area (Å²) < 4.78 is 5.06. The van der Waals surface area contributed by atoms with Gasteiger partial charge in [0.15, 0.2) is 5.76 Å². The normalized spacial score (nSPS) is 11.7. The van der Waals surface area contributed by atoms with Gasteiger partial charge in [0.1, 0.15) is 0 Å². The van der Waals surface area contributed by atoms with E-state index in [9.17, 15) is 19.5 Å². The minimum atomic E-state index is -1.41. The first kappa shape index (κ1) is 20.0. The molecule has 31 heavy (non-hydrogen) atoms. The Hall–Kier alpha value is -4.33. The van der Waals surface area contributed by atoms with E-state index in [0.717, 1.165) is 16.5 Å². The number of hydrogen-bond acceptors (Lipinski definition) is 5. The Morgan fingerprint density at radius 2 is 1.74 bits per heavy atom. The number of rotatable bonds is 7. The molecule has 2 heterocycles. The SMILES string of the molecule is O=C(Nc1ccccc1C(=O)N[C@@H](Cc1c[nH]c2ccccc12)C(=O)[O-])c1ccco1. The number of H-pyrrole nitrogens is 1. The molecule has 0 aliphatic heterocycles. The van der Waals surface area contributed by atoms with E-state index in [1.807, 2.05) is 24.3 Å². The van der Waals surface area contributed by atoms with Crippen molar-refractivity contribution in [3.8, 4) is 0 Å². The highest BCUT2D eigenvalue weighted by atomic mass is 16.4. The first-order valence-corrected chi connectivity index (χ1v) is 9.53. The van der Waals surface area contributed by atoms with Gasteiger partial charge in [-0.15, -0.1) is 0 Å². The topological polar surface area (TPSA) is 127 Å². The molecule has 4 rings (SSSR count). The van der Waals surface area contributed by atoms with E-state index in [2.05, 4.69) is 15.6 Å². The van der Waals surface area contributed by atoms with Crippen LogP contribution in [0.4, 0.5) is 5.69 Å². The fraction of sp³-hybridized carbons (Fsp3) is 0.0870. The highest BCUT2D eigenvalue weighted by molar-refractivity contribution is 6.08. The van der Waals surface area contributed by atoms with Crippen LogP contribution in [0.3, 0.4) is 0 Å². The zero-order chi connectivity index (χ0) is 21.8. The van der Waals surface area contributed by atoms with Gasteiger partial charge in [-0.05, 0) is 35.9 Å². The molecule has 8 nitrogen and oxygen atoms in total. The number of furan rings is 1. The van der Waals surface area contributed by atoms with Gasteiger partial charge in [0.05, 0.1) is 29.5 Å². The molecule has 2 amide bonds. The molecule has 2 aromatic heterocycles. The van der Waals surface area contributed by atoms with Crippen molar-refractivity contribution in [2.75, 3.05) is 5.32 Å². The summed E-state index contributed by atoms with van der Waals surface area (Å²) >= 11 is 0. The number of aromatic nitrogens is 1. The zero-order valence-corrected chi connectivity index (χ0v) is 16.3. The van der Waals surface area contributed by atoms with Gasteiger partial charge in [0, 0.05) is 23.5 Å². The van der Waals surface area contributed by atoms with E-state index in [4.69, 9.17) is 4.42 Å². The van der Waals surface area contributed by atoms with Crippen LogP contribution in [0, 0.1) is 0 Å². The molecule has 0 saturated heterocycles. The molecular formula is C23H18N3O5-. The molecular weight excluding hydrogens is 398 g/mol. The largest absolute Gasteiger partial charge is 0.548 e. The molecule has 156 valence electrons. The Balaban J connectivity index is 1.53. The predicted molar refractivity (Wildman–Crippen MR) is 111 cm³/mol. The summed E-state index contributed by atoms with van der Waals surface area (Å²) in [5.74, 6) is -2.50. The number of aliphatic carboxylic acids is 1. The second kappa shape index (κ2) is 8.58. The lowest BCUT2D eigenvalue weighted by atomic mass is 10.0. The first-order chi connectivity index (χ1) is 15.0. The highest BCUT2D eigenvalue weighted by Gasteiger charge is 2.20. The standard InChI is InChI=1S/C23H19N3O5/c27-21(16-7-2-4-9-18(16)25-22(28)20-10-5-11-31-20)26-19(23(29)30)12-14-13-24-17-8-3-1-6-15(14)17/h1-11,13,19,24H,12H2,(H,25,28)(H,26,27)(H,29,30)/p-1/t19-/m0/s1. The molecule has 1 atom stereocenters. The molecule has 8 heteroatoms. The summed E-state index contributed by atoms with van der Waals surface area (Å²) in [6, 6.07) is 15.6. The Kier molecular flexibility index (Phi) is 5.53. The summed E-state index contributed by atoms with van der Waals surface area (Å²) in [7, 11) is 0. The van der Waals surface area contributed by atoms with E-state index in [0.29, 0.717) is 0 Å². The quantitative estimate of drug-likeness (QED) is 0.425. The number of anilines is 1. The van der Waals surface area contributed by atoms with E-state index in [-0.39, 0.29) is 23.4 Å². The number of fused-ring (bicyclic) bond motifs is 1. The van der Waals surface area contributed by atoms with Crippen LogP contribution in [0.15, 0.2) is 77.5 Å². The van der Waals surface area contributed by atoms with Gasteiger partial charge in [-0.25, -0.2) is 0 Å². The molecule has 0 aliphatic rings. The second-order valence-corrected chi connectivity index (χ2v) is 6.89. The minimum Gasteiger partial charge on any atom is -0.548 e. The van der Waals surface area contributed by atoms with Gasteiger partial charge < -0.3 is 29.9 Å². The van der Waals surface area contributed by atoms with Crippen molar-refractivity contribution in [3.63, 3.8) is 0 Å². The Bertz CT molecular complexity index is 1240. The van der Waals surface area contributed by atoms with Crippen molar-refractivity contribution >= 4 is 34.4 Å². The summed E-state index contributed by atoms with van der Waals surface area (Å²) in [5, 5.41) is 17.7. The zero-order valence-electron chi connectivity index (χ0n) is 16.3. The number of carbonyl (C=O) groups excluding carboxylic acids is 3. The number of carbonyl (C=O) groups is 3. The summed E-state index contributed by atoms with van der Waals surface area (Å²) in [6.45, 7) is 0. The molecule has 2 aromatic carbocycles.